The third-order valence-electron chi connectivity index (χ3n) is 12.1. The highest BCUT2D eigenvalue weighted by atomic mass is 35.5. The number of nitrogens with one attached hydrogen (secondary N) is 1. The summed E-state index contributed by atoms with van der Waals surface area (Å²) in [5.41, 5.74) is 8.20. The van der Waals surface area contributed by atoms with Gasteiger partial charge in [0.2, 0.25) is 5.91 Å². The average Bonchev–Trinajstić information content (AvgIpc) is 3.90. The third kappa shape index (κ3) is 10.5. The van der Waals surface area contributed by atoms with Gasteiger partial charge in [0.05, 0.1) is 33.0 Å². The minimum atomic E-state index is -0.320. The number of benzene rings is 3. The Labute approximate surface area is 377 Å². The molecule has 4 heterocycles. The fraction of sp³-hybridized carbons (Fsp3) is 0.408. The fourth-order valence-corrected chi connectivity index (χ4v) is 10.0. The van der Waals surface area contributed by atoms with Gasteiger partial charge in [-0.25, -0.2) is 0 Å². The van der Waals surface area contributed by atoms with Crippen LogP contribution >= 0.6 is 22.9 Å². The summed E-state index contributed by atoms with van der Waals surface area (Å²) in [5, 5.41) is 13.8. The van der Waals surface area contributed by atoms with Gasteiger partial charge in [-0.05, 0) is 117 Å². The Kier molecular flexibility index (Phi) is 14.5. The van der Waals surface area contributed by atoms with Crippen LogP contribution in [0.2, 0.25) is 5.02 Å². The zero-order chi connectivity index (χ0) is 43.9. The SMILES string of the molecule is Cc1sc2c(c1C)C(c1ccc(Cl)cc1)=C[C@@H](CC(=O)Nc1ccc(OCCOCCOCCOCCCc3cccc4c3CN(C3CCC(=O)CC3)C4=O)cc1)c1nnc(C)n1-2. The molecule has 2 aliphatic heterocycles. The van der Waals surface area contributed by atoms with Crippen LogP contribution in [0.3, 0.4) is 0 Å². The molecule has 0 radical (unpaired) electrons. The molecule has 0 saturated heterocycles. The van der Waals surface area contributed by atoms with E-state index in [1.165, 1.54) is 16.0 Å². The number of nitrogens with zero attached hydrogens (tertiary/aromatic N) is 4. The highest BCUT2D eigenvalue weighted by Gasteiger charge is 2.36. The van der Waals surface area contributed by atoms with Crippen molar-refractivity contribution >= 4 is 51.8 Å². The van der Waals surface area contributed by atoms with Crippen molar-refractivity contribution in [3.63, 3.8) is 0 Å². The van der Waals surface area contributed by atoms with E-state index in [1.807, 2.05) is 72.5 Å². The van der Waals surface area contributed by atoms with Gasteiger partial charge in [-0.2, -0.15) is 0 Å². The van der Waals surface area contributed by atoms with Gasteiger partial charge in [-0.15, -0.1) is 21.5 Å². The molecule has 12 nitrogen and oxygen atoms in total. The second-order valence-electron chi connectivity index (χ2n) is 16.3. The Morgan fingerprint density at radius 3 is 2.29 bits per heavy atom. The van der Waals surface area contributed by atoms with Crippen LogP contribution in [0, 0.1) is 20.8 Å². The van der Waals surface area contributed by atoms with E-state index in [0.717, 1.165) is 70.2 Å². The number of ketones is 1. The Hall–Kier alpha value is -5.18. The predicted molar refractivity (Wildman–Crippen MR) is 244 cm³/mol. The van der Waals surface area contributed by atoms with Gasteiger partial charge in [-0.3, -0.25) is 19.0 Å². The number of thiophene rings is 1. The summed E-state index contributed by atoms with van der Waals surface area (Å²) in [4.78, 5) is 41.6. The molecule has 2 aromatic heterocycles. The van der Waals surface area contributed by atoms with E-state index >= 15 is 0 Å². The molecule has 330 valence electrons. The molecule has 1 atom stereocenters. The summed E-state index contributed by atoms with van der Waals surface area (Å²) >= 11 is 7.98. The lowest BCUT2D eigenvalue weighted by molar-refractivity contribution is -0.121. The molecule has 0 spiro atoms. The van der Waals surface area contributed by atoms with Crippen LogP contribution in [-0.2, 0) is 36.8 Å². The molecule has 2 amide bonds. The Bertz CT molecular complexity index is 2450. The molecule has 8 rings (SSSR count). The van der Waals surface area contributed by atoms with E-state index in [1.54, 1.807) is 11.3 Å². The smallest absolute Gasteiger partial charge is 0.254 e. The van der Waals surface area contributed by atoms with E-state index in [4.69, 9.17) is 30.5 Å². The molecule has 63 heavy (non-hydrogen) atoms. The molecular formula is C49H54ClN5O7S. The molecule has 1 aliphatic carbocycles. The molecular weight excluding hydrogens is 838 g/mol. The number of carbonyl (C=O) groups excluding carboxylic acids is 3. The molecule has 0 unspecified atom stereocenters. The minimum absolute atomic E-state index is 0.0988. The summed E-state index contributed by atoms with van der Waals surface area (Å²) in [6, 6.07) is 21.3. The second-order valence-corrected chi connectivity index (χ2v) is 17.9. The molecule has 14 heteroatoms. The molecule has 1 N–H and O–H groups in total. The van der Waals surface area contributed by atoms with Crippen LogP contribution in [0.25, 0.3) is 10.6 Å². The van der Waals surface area contributed by atoms with Gasteiger partial charge in [0.25, 0.3) is 5.91 Å². The van der Waals surface area contributed by atoms with Gasteiger partial charge >= 0.3 is 0 Å². The quantitative estimate of drug-likeness (QED) is 0.0807. The van der Waals surface area contributed by atoms with Gasteiger partial charge in [0.1, 0.15) is 34.8 Å². The van der Waals surface area contributed by atoms with Crippen LogP contribution in [0.1, 0.15) is 99.1 Å². The Balaban J connectivity index is 0.712. The van der Waals surface area contributed by atoms with Crippen LogP contribution < -0.4 is 10.1 Å². The number of halogens is 1. The highest BCUT2D eigenvalue weighted by molar-refractivity contribution is 7.15. The fourth-order valence-electron chi connectivity index (χ4n) is 8.69. The molecule has 1 fully saturated rings. The average molecular weight is 893 g/mol. The lowest BCUT2D eigenvalue weighted by atomic mass is 9.92. The number of Topliss-reactive ketones (excluding diaryl/α,β-unsaturated/α-hetero) is 1. The number of anilines is 1. The van der Waals surface area contributed by atoms with Crippen molar-refractivity contribution in [2.24, 2.45) is 0 Å². The van der Waals surface area contributed by atoms with Crippen LogP contribution in [0.15, 0.2) is 72.8 Å². The van der Waals surface area contributed by atoms with Crippen LogP contribution in [-0.4, -0.2) is 89.6 Å². The van der Waals surface area contributed by atoms with Gasteiger partial charge in [-0.1, -0.05) is 41.9 Å². The van der Waals surface area contributed by atoms with E-state index < -0.39 is 0 Å². The number of amides is 2. The maximum absolute atomic E-state index is 13.6. The number of hydrogen-bond donors (Lipinski definition) is 1. The summed E-state index contributed by atoms with van der Waals surface area (Å²) < 4.78 is 25.1. The lowest BCUT2D eigenvalue weighted by Crippen LogP contribution is -2.38. The van der Waals surface area contributed by atoms with Crippen molar-refractivity contribution in [1.29, 1.82) is 0 Å². The first kappa shape index (κ1) is 44.4. The maximum atomic E-state index is 13.6. The van der Waals surface area contributed by atoms with Crippen molar-refractivity contribution < 1.29 is 33.3 Å². The van der Waals surface area contributed by atoms with E-state index in [9.17, 15) is 14.4 Å². The minimum Gasteiger partial charge on any atom is -0.491 e. The summed E-state index contributed by atoms with van der Waals surface area (Å²) in [6.45, 7) is 10.1. The molecule has 5 aromatic rings. The first-order chi connectivity index (χ1) is 30.6. The van der Waals surface area contributed by atoms with E-state index in [0.29, 0.717) is 87.9 Å². The number of fused-ring (bicyclic) bond motifs is 4. The summed E-state index contributed by atoms with van der Waals surface area (Å²) in [7, 11) is 0. The zero-order valence-electron chi connectivity index (χ0n) is 36.1. The number of ether oxygens (including phenoxy) is 4. The Morgan fingerprint density at radius 2 is 1.56 bits per heavy atom. The van der Waals surface area contributed by atoms with Crippen molar-refractivity contribution in [2.45, 2.75) is 84.2 Å². The summed E-state index contributed by atoms with van der Waals surface area (Å²) in [5.74, 6) is 2.13. The Morgan fingerprint density at radius 1 is 0.857 bits per heavy atom. The van der Waals surface area contributed by atoms with Crippen molar-refractivity contribution in [3.8, 4) is 10.8 Å². The number of rotatable bonds is 19. The van der Waals surface area contributed by atoms with Gasteiger partial charge < -0.3 is 29.2 Å². The zero-order valence-corrected chi connectivity index (χ0v) is 37.7. The number of allylic oxidation sites excluding steroid dienone is 1. The van der Waals surface area contributed by atoms with Crippen LogP contribution in [0.4, 0.5) is 5.69 Å². The maximum Gasteiger partial charge on any atom is 0.254 e. The molecule has 0 bridgehead atoms. The number of aryl methyl sites for hydroxylation is 3. The standard InChI is InChI=1S/C49H54ClN5O7S/c1-31-32(2)63-49-46(31)43(35-9-11-37(50)12-10-35)28-36(47-53-52-33(3)55(47)49)29-45(57)51-38-13-19-41(20-14-38)62-27-26-61-25-24-60-23-22-59-21-5-7-34-6-4-8-42-44(34)30-54(48(42)58)39-15-17-40(56)18-16-39/h4,6,8-14,19-20,28,36,39H,5,7,15-18,21-27,29-30H2,1-3H3,(H,51,57)/t36-/m0/s1. The van der Waals surface area contributed by atoms with Crippen molar-refractivity contribution in [1.82, 2.24) is 19.7 Å². The largest absolute Gasteiger partial charge is 0.491 e. The third-order valence-corrected chi connectivity index (χ3v) is 13.6. The van der Waals surface area contributed by atoms with Gasteiger partial charge in [0.15, 0.2) is 0 Å². The molecule has 3 aromatic carbocycles. The number of carbonyl (C=O) groups is 3. The highest BCUT2D eigenvalue weighted by Crippen LogP contribution is 2.44. The van der Waals surface area contributed by atoms with Crippen molar-refractivity contribution in [2.75, 3.05) is 51.6 Å². The number of hydrogen-bond acceptors (Lipinski definition) is 10. The lowest BCUT2D eigenvalue weighted by Gasteiger charge is -2.30. The van der Waals surface area contributed by atoms with E-state index in [-0.39, 0.29) is 30.2 Å². The number of aromatic nitrogens is 3. The molecule has 1 saturated carbocycles. The normalized spacial score (nSPS) is 16.1. The second kappa shape index (κ2) is 20.5. The predicted octanol–water partition coefficient (Wildman–Crippen LogP) is 8.99. The summed E-state index contributed by atoms with van der Waals surface area (Å²) in [6.07, 6.45) is 6.72. The topological polar surface area (TPSA) is 134 Å². The first-order valence-corrected chi connectivity index (χ1v) is 23.0. The monoisotopic (exact) mass is 891 g/mol. The van der Waals surface area contributed by atoms with Crippen molar-refractivity contribution in [3.05, 3.63) is 128 Å². The first-order valence-electron chi connectivity index (χ1n) is 21.8. The van der Waals surface area contributed by atoms with Gasteiger partial charge in [0, 0.05) is 71.1 Å². The molecule has 3 aliphatic rings. The van der Waals surface area contributed by atoms with E-state index in [2.05, 4.69) is 46.1 Å². The van der Waals surface area contributed by atoms with Crippen LogP contribution in [0.5, 0.6) is 5.75 Å².